The van der Waals surface area contributed by atoms with Crippen LogP contribution in [0.15, 0.2) is 0 Å². The minimum Gasteiger partial charge on any atom is -0.379 e. The lowest BCUT2D eigenvalue weighted by atomic mass is 10.0. The summed E-state index contributed by atoms with van der Waals surface area (Å²) in [6.07, 6.45) is 1.07. The molecule has 1 fully saturated rings. The quantitative estimate of drug-likeness (QED) is 0.643. The standard InChI is InChI=1S/C12H25N3O2/c1-4-5-13-11-9-17-8-10(11)12(16)14-6-7-15(2)3/h10-11,13H,4-9H2,1-3H3,(H,14,16). The first-order valence-corrected chi connectivity index (χ1v) is 6.38. The highest BCUT2D eigenvalue weighted by atomic mass is 16.5. The molecule has 0 saturated carbocycles. The Morgan fingerprint density at radius 3 is 2.76 bits per heavy atom. The van der Waals surface area contributed by atoms with Gasteiger partial charge in [0.05, 0.1) is 19.1 Å². The van der Waals surface area contributed by atoms with Gasteiger partial charge in [0.15, 0.2) is 0 Å². The van der Waals surface area contributed by atoms with Gasteiger partial charge in [-0.05, 0) is 27.1 Å². The van der Waals surface area contributed by atoms with E-state index in [0.29, 0.717) is 19.8 Å². The molecular formula is C12H25N3O2. The maximum Gasteiger partial charge on any atom is 0.227 e. The fraction of sp³-hybridized carbons (Fsp3) is 0.917. The van der Waals surface area contributed by atoms with Crippen molar-refractivity contribution in [3.05, 3.63) is 0 Å². The van der Waals surface area contributed by atoms with Crippen LogP contribution in [0.5, 0.6) is 0 Å². The first-order valence-electron chi connectivity index (χ1n) is 6.38. The van der Waals surface area contributed by atoms with Gasteiger partial charge in [-0.15, -0.1) is 0 Å². The van der Waals surface area contributed by atoms with Gasteiger partial charge in [0.25, 0.3) is 0 Å². The number of likely N-dealkylation sites (N-methyl/N-ethyl adjacent to an activating group) is 1. The van der Waals surface area contributed by atoms with Crippen LogP contribution >= 0.6 is 0 Å². The fourth-order valence-corrected chi connectivity index (χ4v) is 1.88. The van der Waals surface area contributed by atoms with Crippen molar-refractivity contribution in [3.8, 4) is 0 Å². The van der Waals surface area contributed by atoms with Gasteiger partial charge in [0.2, 0.25) is 5.91 Å². The van der Waals surface area contributed by atoms with Crippen molar-refractivity contribution >= 4 is 5.91 Å². The predicted molar refractivity (Wildman–Crippen MR) is 68.0 cm³/mol. The van der Waals surface area contributed by atoms with Crippen LogP contribution in [-0.2, 0) is 9.53 Å². The molecule has 1 rings (SSSR count). The predicted octanol–water partition coefficient (Wildman–Crippen LogP) is -0.321. The molecule has 5 nitrogen and oxygen atoms in total. The average molecular weight is 243 g/mol. The van der Waals surface area contributed by atoms with E-state index >= 15 is 0 Å². The molecule has 0 bridgehead atoms. The molecule has 1 aliphatic heterocycles. The van der Waals surface area contributed by atoms with E-state index in [2.05, 4.69) is 22.5 Å². The number of hydrogen-bond acceptors (Lipinski definition) is 4. The minimum absolute atomic E-state index is 0.0382. The van der Waals surface area contributed by atoms with Crippen LogP contribution in [0.3, 0.4) is 0 Å². The van der Waals surface area contributed by atoms with Crippen LogP contribution in [0.25, 0.3) is 0 Å². The molecule has 0 aliphatic carbocycles. The smallest absolute Gasteiger partial charge is 0.227 e. The molecular weight excluding hydrogens is 218 g/mol. The number of nitrogens with one attached hydrogen (secondary N) is 2. The Kier molecular flexibility index (Phi) is 6.47. The van der Waals surface area contributed by atoms with E-state index in [0.717, 1.165) is 19.5 Å². The highest BCUT2D eigenvalue weighted by Crippen LogP contribution is 2.13. The monoisotopic (exact) mass is 243 g/mol. The molecule has 5 heteroatoms. The first kappa shape index (κ1) is 14.4. The van der Waals surface area contributed by atoms with Gasteiger partial charge in [-0.2, -0.15) is 0 Å². The highest BCUT2D eigenvalue weighted by molar-refractivity contribution is 5.79. The normalized spacial score (nSPS) is 24.2. The third-order valence-corrected chi connectivity index (χ3v) is 2.93. The number of carbonyl (C=O) groups excluding carboxylic acids is 1. The molecule has 2 N–H and O–H groups in total. The van der Waals surface area contributed by atoms with Gasteiger partial charge in [-0.25, -0.2) is 0 Å². The lowest BCUT2D eigenvalue weighted by Crippen LogP contribution is -2.45. The summed E-state index contributed by atoms with van der Waals surface area (Å²) in [5.74, 6) is 0.0710. The highest BCUT2D eigenvalue weighted by Gasteiger charge is 2.33. The third-order valence-electron chi connectivity index (χ3n) is 2.93. The Morgan fingerprint density at radius 1 is 1.35 bits per heavy atom. The number of hydrogen-bond donors (Lipinski definition) is 2. The largest absolute Gasteiger partial charge is 0.379 e. The summed E-state index contributed by atoms with van der Waals surface area (Å²) in [4.78, 5) is 14.0. The third kappa shape index (κ3) is 5.02. The van der Waals surface area contributed by atoms with E-state index in [9.17, 15) is 4.79 Å². The summed E-state index contributed by atoms with van der Waals surface area (Å²) >= 11 is 0. The minimum atomic E-state index is -0.0382. The number of ether oxygens (including phenoxy) is 1. The van der Waals surface area contributed by atoms with Crippen LogP contribution in [0, 0.1) is 5.92 Å². The maximum absolute atomic E-state index is 12.0. The Hall–Kier alpha value is -0.650. The van der Waals surface area contributed by atoms with E-state index in [1.54, 1.807) is 0 Å². The topological polar surface area (TPSA) is 53.6 Å². The van der Waals surface area contributed by atoms with Crippen molar-refractivity contribution in [2.45, 2.75) is 19.4 Å². The van der Waals surface area contributed by atoms with Gasteiger partial charge in [0.1, 0.15) is 0 Å². The summed E-state index contributed by atoms with van der Waals surface area (Å²) in [5.41, 5.74) is 0. The zero-order chi connectivity index (χ0) is 12.7. The van der Waals surface area contributed by atoms with E-state index in [1.807, 2.05) is 14.1 Å². The number of carbonyl (C=O) groups is 1. The van der Waals surface area contributed by atoms with Gasteiger partial charge in [0, 0.05) is 19.1 Å². The lowest BCUT2D eigenvalue weighted by molar-refractivity contribution is -0.125. The average Bonchev–Trinajstić information content (AvgIpc) is 2.73. The number of nitrogens with zero attached hydrogens (tertiary/aromatic N) is 1. The summed E-state index contributed by atoms with van der Waals surface area (Å²) in [5, 5.41) is 6.33. The van der Waals surface area contributed by atoms with Crippen molar-refractivity contribution in [1.29, 1.82) is 0 Å². The van der Waals surface area contributed by atoms with Crippen LogP contribution in [0.2, 0.25) is 0 Å². The molecule has 2 atom stereocenters. The van der Waals surface area contributed by atoms with Crippen LogP contribution in [0.1, 0.15) is 13.3 Å². The molecule has 0 aromatic heterocycles. The number of rotatable bonds is 7. The van der Waals surface area contributed by atoms with Gasteiger partial charge < -0.3 is 20.3 Å². The second-order valence-corrected chi connectivity index (χ2v) is 4.80. The van der Waals surface area contributed by atoms with E-state index in [1.165, 1.54) is 0 Å². The van der Waals surface area contributed by atoms with Gasteiger partial charge in [-0.1, -0.05) is 6.92 Å². The lowest BCUT2D eigenvalue weighted by Gasteiger charge is -2.19. The molecule has 1 heterocycles. The van der Waals surface area contributed by atoms with Gasteiger partial charge >= 0.3 is 0 Å². The molecule has 0 aromatic rings. The van der Waals surface area contributed by atoms with Gasteiger partial charge in [-0.3, -0.25) is 4.79 Å². The molecule has 1 amide bonds. The summed E-state index contributed by atoms with van der Waals surface area (Å²) in [7, 11) is 3.99. The zero-order valence-corrected chi connectivity index (χ0v) is 11.2. The molecule has 0 aromatic carbocycles. The van der Waals surface area contributed by atoms with Crippen LogP contribution < -0.4 is 10.6 Å². The zero-order valence-electron chi connectivity index (χ0n) is 11.2. The van der Waals surface area contributed by atoms with E-state index in [-0.39, 0.29) is 17.9 Å². The molecule has 1 saturated heterocycles. The second kappa shape index (κ2) is 7.63. The molecule has 17 heavy (non-hydrogen) atoms. The van der Waals surface area contributed by atoms with Crippen molar-refractivity contribution in [1.82, 2.24) is 15.5 Å². The number of amides is 1. The molecule has 2 unspecified atom stereocenters. The molecule has 100 valence electrons. The Labute approximate surface area is 104 Å². The summed E-state index contributed by atoms with van der Waals surface area (Å²) in [6, 6.07) is 0.175. The SMILES string of the molecule is CCCNC1COCC1C(=O)NCCN(C)C. The van der Waals surface area contributed by atoms with Crippen molar-refractivity contribution in [2.24, 2.45) is 5.92 Å². The Morgan fingerprint density at radius 2 is 2.12 bits per heavy atom. The summed E-state index contributed by atoms with van der Waals surface area (Å²) < 4.78 is 5.38. The molecule has 0 spiro atoms. The second-order valence-electron chi connectivity index (χ2n) is 4.80. The molecule has 0 radical (unpaired) electrons. The summed E-state index contributed by atoms with van der Waals surface area (Å²) in [6.45, 7) is 5.81. The van der Waals surface area contributed by atoms with Crippen molar-refractivity contribution in [2.75, 3.05) is 46.9 Å². The Bertz CT molecular complexity index is 234. The first-order chi connectivity index (χ1) is 8.15. The van der Waals surface area contributed by atoms with E-state index < -0.39 is 0 Å². The van der Waals surface area contributed by atoms with Crippen LogP contribution in [-0.4, -0.2) is 63.8 Å². The van der Waals surface area contributed by atoms with Crippen LogP contribution in [0.4, 0.5) is 0 Å². The Balaban J connectivity index is 2.28. The van der Waals surface area contributed by atoms with E-state index in [4.69, 9.17) is 4.74 Å². The fourth-order valence-electron chi connectivity index (χ4n) is 1.88. The van der Waals surface area contributed by atoms with Crippen molar-refractivity contribution in [3.63, 3.8) is 0 Å². The van der Waals surface area contributed by atoms with Crippen molar-refractivity contribution < 1.29 is 9.53 Å². The molecule has 1 aliphatic rings. The maximum atomic E-state index is 12.0.